The van der Waals surface area contributed by atoms with E-state index in [0.29, 0.717) is 0 Å². The number of methoxy groups -OCH3 is 1. The number of aromatic nitrogens is 3. The van der Waals surface area contributed by atoms with E-state index in [9.17, 15) is 14.0 Å². The predicted molar refractivity (Wildman–Crippen MR) is 147 cm³/mol. The number of aliphatic imine (C=N–C) groups is 1. The van der Waals surface area contributed by atoms with Crippen molar-refractivity contribution in [2.75, 3.05) is 18.2 Å². The lowest BCUT2D eigenvalue weighted by Gasteiger charge is -2.31. The molecule has 11 nitrogen and oxygen atoms in total. The Morgan fingerprint density at radius 1 is 1.07 bits per heavy atom. The highest BCUT2D eigenvalue weighted by molar-refractivity contribution is 6.04. The molecular weight excluding hydrogens is 536 g/mol. The molecule has 5 rings (SSSR count). The van der Waals surface area contributed by atoms with Crippen LogP contribution in [-0.4, -0.2) is 45.8 Å². The van der Waals surface area contributed by atoms with Gasteiger partial charge in [-0.15, -0.1) is 0 Å². The van der Waals surface area contributed by atoms with Gasteiger partial charge < -0.3 is 26.3 Å². The van der Waals surface area contributed by atoms with E-state index in [1.165, 1.54) is 60.9 Å². The SMILES string of the molecule is COC1CC(N=C(N)c2c(Oc3ccc(NC(=O)c4ccnn(-c5ccc(F)cc5)c4=O)cc3F)ccnc2N)C1. The summed E-state index contributed by atoms with van der Waals surface area (Å²) in [6.45, 7) is 0. The monoisotopic (exact) mass is 561 g/mol. The van der Waals surface area contributed by atoms with Crippen LogP contribution in [0.2, 0.25) is 0 Å². The number of amidine groups is 1. The number of rotatable bonds is 8. The fourth-order valence-electron chi connectivity index (χ4n) is 4.23. The summed E-state index contributed by atoms with van der Waals surface area (Å²) in [4.78, 5) is 34.2. The van der Waals surface area contributed by atoms with Crippen molar-refractivity contribution in [2.45, 2.75) is 25.0 Å². The molecule has 0 spiro atoms. The number of pyridine rings is 1. The second-order valence-electron chi connectivity index (χ2n) is 9.21. The van der Waals surface area contributed by atoms with Gasteiger partial charge in [0.05, 0.1) is 17.8 Å². The third-order valence-corrected chi connectivity index (χ3v) is 6.49. The number of nitrogens with two attached hydrogens (primary N) is 2. The first-order valence-electron chi connectivity index (χ1n) is 12.5. The van der Waals surface area contributed by atoms with Gasteiger partial charge in [0.1, 0.15) is 34.3 Å². The molecule has 1 aliphatic rings. The molecule has 1 aliphatic carbocycles. The quantitative estimate of drug-likeness (QED) is 0.218. The van der Waals surface area contributed by atoms with Crippen molar-refractivity contribution in [2.24, 2.45) is 10.7 Å². The zero-order valence-corrected chi connectivity index (χ0v) is 21.8. The van der Waals surface area contributed by atoms with Crippen LogP contribution in [0.4, 0.5) is 20.3 Å². The molecule has 5 N–H and O–H groups in total. The molecule has 0 aliphatic heterocycles. The molecule has 1 saturated carbocycles. The van der Waals surface area contributed by atoms with Gasteiger partial charge in [0, 0.05) is 37.3 Å². The maximum atomic E-state index is 15.1. The van der Waals surface area contributed by atoms with E-state index in [2.05, 4.69) is 20.4 Å². The van der Waals surface area contributed by atoms with Crippen LogP contribution in [0, 0.1) is 11.6 Å². The van der Waals surface area contributed by atoms with Crippen LogP contribution in [0.15, 0.2) is 76.8 Å². The van der Waals surface area contributed by atoms with Crippen molar-refractivity contribution in [3.8, 4) is 17.2 Å². The molecule has 2 heterocycles. The van der Waals surface area contributed by atoms with Gasteiger partial charge in [-0.1, -0.05) is 0 Å². The molecule has 41 heavy (non-hydrogen) atoms. The van der Waals surface area contributed by atoms with E-state index in [1.54, 1.807) is 7.11 Å². The Labute approximate surface area is 232 Å². The third kappa shape index (κ3) is 5.89. The van der Waals surface area contributed by atoms with Gasteiger partial charge >= 0.3 is 0 Å². The molecule has 0 bridgehead atoms. The fraction of sp³-hybridized carbons (Fsp3) is 0.179. The number of nitrogen functional groups attached to an aromatic ring is 1. The fourth-order valence-corrected chi connectivity index (χ4v) is 4.23. The van der Waals surface area contributed by atoms with E-state index in [0.717, 1.165) is 23.6 Å². The first-order chi connectivity index (χ1) is 19.7. The van der Waals surface area contributed by atoms with Crippen LogP contribution < -0.4 is 27.1 Å². The van der Waals surface area contributed by atoms with E-state index in [-0.39, 0.29) is 57.8 Å². The Morgan fingerprint density at radius 3 is 2.54 bits per heavy atom. The first-order valence-corrected chi connectivity index (χ1v) is 12.5. The zero-order chi connectivity index (χ0) is 29.1. The Kier molecular flexibility index (Phi) is 7.70. The molecule has 0 saturated heterocycles. The summed E-state index contributed by atoms with van der Waals surface area (Å²) in [7, 11) is 1.63. The average Bonchev–Trinajstić information content (AvgIpc) is 2.92. The maximum absolute atomic E-state index is 15.1. The van der Waals surface area contributed by atoms with Gasteiger partial charge in [-0.05, 0) is 55.3 Å². The smallest absolute Gasteiger partial charge is 0.284 e. The average molecular weight is 562 g/mol. The van der Waals surface area contributed by atoms with Crippen molar-refractivity contribution >= 4 is 23.2 Å². The van der Waals surface area contributed by atoms with Crippen LogP contribution in [0.5, 0.6) is 11.5 Å². The van der Waals surface area contributed by atoms with Gasteiger partial charge in [0.15, 0.2) is 11.6 Å². The zero-order valence-electron chi connectivity index (χ0n) is 21.8. The topological polar surface area (TPSA) is 160 Å². The summed E-state index contributed by atoms with van der Waals surface area (Å²) in [5, 5.41) is 6.42. The van der Waals surface area contributed by atoms with E-state index >= 15 is 4.39 Å². The number of carbonyl (C=O) groups excluding carboxylic acids is 1. The molecule has 1 amide bonds. The largest absolute Gasteiger partial charge is 0.453 e. The van der Waals surface area contributed by atoms with Gasteiger partial charge in [-0.3, -0.25) is 14.6 Å². The van der Waals surface area contributed by atoms with Crippen molar-refractivity contribution in [3.63, 3.8) is 0 Å². The second-order valence-corrected chi connectivity index (χ2v) is 9.21. The molecule has 2 aromatic heterocycles. The van der Waals surface area contributed by atoms with E-state index in [4.69, 9.17) is 20.9 Å². The summed E-state index contributed by atoms with van der Waals surface area (Å²) >= 11 is 0. The Morgan fingerprint density at radius 2 is 1.83 bits per heavy atom. The number of ether oxygens (including phenoxy) is 2. The van der Waals surface area contributed by atoms with Crippen molar-refractivity contribution in [1.29, 1.82) is 0 Å². The minimum Gasteiger partial charge on any atom is -0.453 e. The lowest BCUT2D eigenvalue weighted by molar-refractivity contribution is 0.0285. The number of carbonyl (C=O) groups is 1. The second kappa shape index (κ2) is 11.5. The van der Waals surface area contributed by atoms with Crippen molar-refractivity contribution in [3.05, 3.63) is 100 Å². The summed E-state index contributed by atoms with van der Waals surface area (Å²) in [5.74, 6) is -1.93. The molecule has 210 valence electrons. The minimum atomic E-state index is -0.806. The van der Waals surface area contributed by atoms with Gasteiger partial charge in [0.2, 0.25) is 0 Å². The number of halogens is 2. The van der Waals surface area contributed by atoms with Crippen LogP contribution >= 0.6 is 0 Å². The highest BCUT2D eigenvalue weighted by atomic mass is 19.1. The number of hydrogen-bond donors (Lipinski definition) is 3. The molecular formula is C28H25F2N7O4. The summed E-state index contributed by atoms with van der Waals surface area (Å²) in [6, 6.07) is 11.4. The molecule has 0 unspecified atom stereocenters. The van der Waals surface area contributed by atoms with Crippen LogP contribution in [-0.2, 0) is 4.74 Å². The normalized spacial score (nSPS) is 16.6. The maximum Gasteiger partial charge on any atom is 0.284 e. The predicted octanol–water partition coefficient (Wildman–Crippen LogP) is 3.42. The number of benzene rings is 2. The highest BCUT2D eigenvalue weighted by Crippen LogP contribution is 2.32. The summed E-state index contributed by atoms with van der Waals surface area (Å²) in [5.41, 5.74) is 11.8. The van der Waals surface area contributed by atoms with Crippen molar-refractivity contribution in [1.82, 2.24) is 14.8 Å². The lowest BCUT2D eigenvalue weighted by atomic mass is 9.90. The molecule has 2 aromatic carbocycles. The van der Waals surface area contributed by atoms with E-state index < -0.39 is 23.1 Å². The Bertz CT molecular complexity index is 1690. The van der Waals surface area contributed by atoms with Gasteiger partial charge in [0.25, 0.3) is 11.5 Å². The number of anilines is 2. The third-order valence-electron chi connectivity index (χ3n) is 6.49. The molecule has 0 atom stereocenters. The first kappa shape index (κ1) is 27.4. The molecule has 1 fully saturated rings. The molecule has 4 aromatic rings. The summed E-state index contributed by atoms with van der Waals surface area (Å²) < 4.78 is 40.3. The van der Waals surface area contributed by atoms with Crippen LogP contribution in [0.3, 0.4) is 0 Å². The standard InChI is InChI=1S/C28H25F2N7O4/c1-40-19-12-17(13-19)35-26(32)24-23(9-10-33-25(24)31)41-22-7-4-16(14-21(22)30)36-27(38)20-8-11-34-37(28(20)39)18-5-2-15(29)3-6-18/h2-11,14,17,19H,12-13H2,1H3,(H2,31,33)(H2,32,35)(H,36,38). The van der Waals surface area contributed by atoms with E-state index in [1.807, 2.05) is 0 Å². The lowest BCUT2D eigenvalue weighted by Crippen LogP contribution is -2.35. The summed E-state index contributed by atoms with van der Waals surface area (Å²) in [6.07, 6.45) is 4.21. The van der Waals surface area contributed by atoms with Crippen molar-refractivity contribution < 1.29 is 23.0 Å². The number of hydrogen-bond acceptors (Lipinski definition) is 8. The van der Waals surface area contributed by atoms with Crippen LogP contribution in [0.25, 0.3) is 5.69 Å². The van der Waals surface area contributed by atoms with Gasteiger partial charge in [-0.25, -0.2) is 13.8 Å². The Hall–Kier alpha value is -5.17. The molecule has 13 heteroatoms. The van der Waals surface area contributed by atoms with Crippen LogP contribution in [0.1, 0.15) is 28.8 Å². The highest BCUT2D eigenvalue weighted by Gasteiger charge is 2.29. The molecule has 0 radical (unpaired) electrons. The van der Waals surface area contributed by atoms with Gasteiger partial charge in [-0.2, -0.15) is 9.78 Å². The Balaban J connectivity index is 1.33. The number of nitrogens with one attached hydrogen (secondary N) is 1. The number of amides is 1. The number of nitrogens with zero attached hydrogens (tertiary/aromatic N) is 4. The minimum absolute atomic E-state index is 0.0350.